The van der Waals surface area contributed by atoms with E-state index in [0.29, 0.717) is 6.61 Å². The normalized spacial score (nSPS) is 10.0. The second-order valence-electron chi connectivity index (χ2n) is 3.30. The molecule has 17 heavy (non-hydrogen) atoms. The monoisotopic (exact) mass is 350 g/mol. The molecule has 5 heteroatoms. The van der Waals surface area contributed by atoms with E-state index in [1.807, 2.05) is 24.3 Å². The van der Waals surface area contributed by atoms with E-state index in [4.69, 9.17) is 9.47 Å². The predicted molar refractivity (Wildman–Crippen MR) is 72.2 cm³/mol. The maximum Gasteiger partial charge on any atom is 0.508 e. The van der Waals surface area contributed by atoms with Crippen LogP contribution in [-0.2, 0) is 27.4 Å². The molecule has 0 aliphatic carbocycles. The third-order valence-electron chi connectivity index (χ3n) is 2.04. The fourth-order valence-electron chi connectivity index (χ4n) is 1.18. The lowest BCUT2D eigenvalue weighted by molar-refractivity contribution is 0.0669. The second-order valence-corrected chi connectivity index (χ2v) is 4.38. The molecule has 0 radical (unpaired) electrons. The molecular formula is C12H15IO4. The highest BCUT2D eigenvalue weighted by atomic mass is 127. The van der Waals surface area contributed by atoms with Crippen LogP contribution < -0.4 is 0 Å². The van der Waals surface area contributed by atoms with E-state index in [9.17, 15) is 4.79 Å². The Morgan fingerprint density at radius 3 is 2.29 bits per heavy atom. The fourth-order valence-corrected chi connectivity index (χ4v) is 1.49. The zero-order valence-corrected chi connectivity index (χ0v) is 11.8. The minimum absolute atomic E-state index is 0.224. The first kappa shape index (κ1) is 14.2. The highest BCUT2D eigenvalue weighted by molar-refractivity contribution is 14.1. The molecule has 94 valence electrons. The predicted octanol–water partition coefficient (Wildman–Crippen LogP) is 2.92. The van der Waals surface area contributed by atoms with E-state index in [-0.39, 0.29) is 6.61 Å². The van der Waals surface area contributed by atoms with Crippen LogP contribution in [0.4, 0.5) is 4.79 Å². The standard InChI is InChI=1S/C12H15IO4/c1-15-12(14)17-9-11-4-2-10(3-5-11)8-16-7-6-13/h2-5H,6-9H2,1H3. The van der Waals surface area contributed by atoms with E-state index in [0.717, 1.165) is 22.2 Å². The number of benzene rings is 1. The largest absolute Gasteiger partial charge is 0.508 e. The van der Waals surface area contributed by atoms with Crippen molar-refractivity contribution in [1.29, 1.82) is 0 Å². The molecule has 0 saturated carbocycles. The van der Waals surface area contributed by atoms with Gasteiger partial charge in [0.25, 0.3) is 0 Å². The number of halogens is 1. The summed E-state index contributed by atoms with van der Waals surface area (Å²) in [6.07, 6.45) is -0.667. The number of hydrogen-bond donors (Lipinski definition) is 0. The van der Waals surface area contributed by atoms with E-state index in [1.54, 1.807) is 0 Å². The number of carbonyl (C=O) groups is 1. The Morgan fingerprint density at radius 1 is 1.18 bits per heavy atom. The quantitative estimate of drug-likeness (QED) is 0.343. The van der Waals surface area contributed by atoms with Gasteiger partial charge in [0.05, 0.1) is 20.3 Å². The van der Waals surface area contributed by atoms with Crippen LogP contribution in [0.15, 0.2) is 24.3 Å². The number of hydrogen-bond acceptors (Lipinski definition) is 4. The number of alkyl halides is 1. The highest BCUT2D eigenvalue weighted by Gasteiger charge is 2.01. The lowest BCUT2D eigenvalue weighted by Gasteiger charge is -2.05. The molecular weight excluding hydrogens is 335 g/mol. The zero-order chi connectivity index (χ0) is 12.5. The highest BCUT2D eigenvalue weighted by Crippen LogP contribution is 2.07. The topological polar surface area (TPSA) is 44.8 Å². The van der Waals surface area contributed by atoms with E-state index in [2.05, 4.69) is 27.3 Å². The van der Waals surface area contributed by atoms with Crippen LogP contribution in [0.5, 0.6) is 0 Å². The van der Waals surface area contributed by atoms with Crippen LogP contribution in [-0.4, -0.2) is 24.3 Å². The van der Waals surface area contributed by atoms with Crippen molar-refractivity contribution in [1.82, 2.24) is 0 Å². The minimum Gasteiger partial charge on any atom is -0.438 e. The third-order valence-corrected chi connectivity index (χ3v) is 2.48. The second kappa shape index (κ2) is 8.30. The van der Waals surface area contributed by atoms with Crippen molar-refractivity contribution in [2.45, 2.75) is 13.2 Å². The first-order valence-electron chi connectivity index (χ1n) is 5.18. The molecule has 0 aliphatic rings. The van der Waals surface area contributed by atoms with Gasteiger partial charge in [-0.05, 0) is 11.1 Å². The Morgan fingerprint density at radius 2 is 1.76 bits per heavy atom. The van der Waals surface area contributed by atoms with Crippen LogP contribution in [0, 0.1) is 0 Å². The molecule has 1 rings (SSSR count). The van der Waals surface area contributed by atoms with Crippen molar-refractivity contribution in [2.75, 3.05) is 18.1 Å². The van der Waals surface area contributed by atoms with Gasteiger partial charge in [-0.3, -0.25) is 0 Å². The molecule has 0 N–H and O–H groups in total. The summed E-state index contributed by atoms with van der Waals surface area (Å²) in [7, 11) is 1.29. The smallest absolute Gasteiger partial charge is 0.438 e. The van der Waals surface area contributed by atoms with Gasteiger partial charge >= 0.3 is 6.16 Å². The summed E-state index contributed by atoms with van der Waals surface area (Å²) >= 11 is 2.27. The average Bonchev–Trinajstić information content (AvgIpc) is 2.37. The van der Waals surface area contributed by atoms with Gasteiger partial charge < -0.3 is 14.2 Å². The zero-order valence-electron chi connectivity index (χ0n) is 9.65. The van der Waals surface area contributed by atoms with Crippen LogP contribution in [0.3, 0.4) is 0 Å². The van der Waals surface area contributed by atoms with Gasteiger partial charge in [0.1, 0.15) is 6.61 Å². The number of carbonyl (C=O) groups excluding carboxylic acids is 1. The van der Waals surface area contributed by atoms with Gasteiger partial charge in [-0.25, -0.2) is 4.79 Å². The Kier molecular flexibility index (Phi) is 6.95. The lowest BCUT2D eigenvalue weighted by Crippen LogP contribution is -2.04. The number of ether oxygens (including phenoxy) is 3. The maximum atomic E-state index is 10.8. The summed E-state index contributed by atoms with van der Waals surface area (Å²) in [5.41, 5.74) is 2.03. The SMILES string of the molecule is COC(=O)OCc1ccc(COCCI)cc1. The van der Waals surface area contributed by atoms with Gasteiger partial charge in [0, 0.05) is 4.43 Å². The van der Waals surface area contributed by atoms with E-state index in [1.165, 1.54) is 7.11 Å². The maximum absolute atomic E-state index is 10.8. The first-order valence-corrected chi connectivity index (χ1v) is 6.71. The van der Waals surface area contributed by atoms with Crippen molar-refractivity contribution in [3.8, 4) is 0 Å². The molecule has 1 aromatic rings. The van der Waals surface area contributed by atoms with E-state index >= 15 is 0 Å². The molecule has 4 nitrogen and oxygen atoms in total. The Balaban J connectivity index is 2.36. The first-order chi connectivity index (χ1) is 8.26. The Bertz CT molecular complexity index is 337. The van der Waals surface area contributed by atoms with Crippen molar-refractivity contribution >= 4 is 28.7 Å². The Hall–Kier alpha value is -0.820. The van der Waals surface area contributed by atoms with Gasteiger partial charge in [-0.2, -0.15) is 0 Å². The van der Waals surface area contributed by atoms with Crippen molar-refractivity contribution in [2.24, 2.45) is 0 Å². The van der Waals surface area contributed by atoms with Crippen LogP contribution in [0.25, 0.3) is 0 Å². The summed E-state index contributed by atoms with van der Waals surface area (Å²) in [6.45, 7) is 1.59. The molecule has 0 bridgehead atoms. The summed E-state index contributed by atoms with van der Waals surface area (Å²) in [6, 6.07) is 7.74. The summed E-state index contributed by atoms with van der Waals surface area (Å²) in [5, 5.41) is 0. The summed E-state index contributed by atoms with van der Waals surface area (Å²) in [5.74, 6) is 0. The molecule has 0 fully saturated rings. The lowest BCUT2D eigenvalue weighted by atomic mass is 10.1. The number of rotatable bonds is 6. The number of methoxy groups -OCH3 is 1. The van der Waals surface area contributed by atoms with Gasteiger partial charge in [0.15, 0.2) is 0 Å². The van der Waals surface area contributed by atoms with Gasteiger partial charge in [0.2, 0.25) is 0 Å². The van der Waals surface area contributed by atoms with Gasteiger partial charge in [-0.1, -0.05) is 46.9 Å². The van der Waals surface area contributed by atoms with Crippen LogP contribution in [0.1, 0.15) is 11.1 Å². The molecule has 0 atom stereocenters. The van der Waals surface area contributed by atoms with Crippen molar-refractivity contribution in [3.63, 3.8) is 0 Å². The molecule has 0 saturated heterocycles. The summed E-state index contributed by atoms with van der Waals surface area (Å²) in [4.78, 5) is 10.8. The Labute approximate surface area is 114 Å². The van der Waals surface area contributed by atoms with Crippen LogP contribution >= 0.6 is 22.6 Å². The van der Waals surface area contributed by atoms with Gasteiger partial charge in [-0.15, -0.1) is 0 Å². The summed E-state index contributed by atoms with van der Waals surface area (Å²) < 4.78 is 15.6. The van der Waals surface area contributed by atoms with E-state index < -0.39 is 6.16 Å². The molecule has 0 amide bonds. The van der Waals surface area contributed by atoms with Crippen molar-refractivity contribution < 1.29 is 19.0 Å². The fraction of sp³-hybridized carbons (Fsp3) is 0.417. The minimum atomic E-state index is -0.667. The van der Waals surface area contributed by atoms with Crippen molar-refractivity contribution in [3.05, 3.63) is 35.4 Å². The molecule has 1 aromatic carbocycles. The molecule has 0 spiro atoms. The average molecular weight is 350 g/mol. The molecule has 0 aliphatic heterocycles. The molecule has 0 heterocycles. The molecule has 0 unspecified atom stereocenters. The molecule has 0 aromatic heterocycles. The van der Waals surface area contributed by atoms with Crippen LogP contribution in [0.2, 0.25) is 0 Å². The third kappa shape index (κ3) is 5.88.